The summed E-state index contributed by atoms with van der Waals surface area (Å²) in [5.74, 6) is -0.663. The van der Waals surface area contributed by atoms with Gasteiger partial charge in [-0.1, -0.05) is 73.7 Å². The zero-order valence-corrected chi connectivity index (χ0v) is 15.9. The van der Waals surface area contributed by atoms with Gasteiger partial charge in [0.15, 0.2) is 0 Å². The van der Waals surface area contributed by atoms with Gasteiger partial charge in [0.1, 0.15) is 11.6 Å². The quantitative estimate of drug-likeness (QED) is 0.349. The van der Waals surface area contributed by atoms with Crippen LogP contribution in [0.3, 0.4) is 0 Å². The summed E-state index contributed by atoms with van der Waals surface area (Å²) in [5, 5.41) is 1.44. The largest absolute Gasteiger partial charge is 0.207 e. The summed E-state index contributed by atoms with van der Waals surface area (Å²) in [7, 11) is 0. The van der Waals surface area contributed by atoms with E-state index in [9.17, 15) is 4.39 Å². The third-order valence-corrected chi connectivity index (χ3v) is 5.29. The van der Waals surface area contributed by atoms with Crippen LogP contribution in [0.5, 0.6) is 0 Å². The summed E-state index contributed by atoms with van der Waals surface area (Å²) in [6.45, 7) is 2.16. The molecule has 0 aliphatic rings. The average molecular weight is 372 g/mol. The predicted octanol–water partition coefficient (Wildman–Crippen LogP) is 7.13. The number of rotatable bonds is 5. The normalized spacial score (nSPS) is 11.1. The molecule has 28 heavy (non-hydrogen) atoms. The van der Waals surface area contributed by atoms with Crippen molar-refractivity contribution in [2.45, 2.75) is 26.2 Å². The fourth-order valence-electron chi connectivity index (χ4n) is 3.61. The lowest BCUT2D eigenvalue weighted by molar-refractivity contribution is 0.627. The molecule has 0 amide bonds. The summed E-state index contributed by atoms with van der Waals surface area (Å²) < 4.78 is 28.5. The highest BCUT2D eigenvalue weighted by atomic mass is 19.1. The van der Waals surface area contributed by atoms with Gasteiger partial charge in [0, 0.05) is 10.9 Å². The number of hydrogen-bond donors (Lipinski definition) is 0. The van der Waals surface area contributed by atoms with E-state index in [1.807, 2.05) is 24.3 Å². The van der Waals surface area contributed by atoms with Crippen LogP contribution in [0.2, 0.25) is 0 Å². The lowest BCUT2D eigenvalue weighted by atomic mass is 9.97. The Morgan fingerprint density at radius 3 is 2.14 bits per heavy atom. The Morgan fingerprint density at radius 1 is 0.679 bits per heavy atom. The molecular formula is C26H22F2. The van der Waals surface area contributed by atoms with Crippen molar-refractivity contribution in [3.63, 3.8) is 0 Å². The van der Waals surface area contributed by atoms with Crippen LogP contribution >= 0.6 is 0 Å². The number of halogens is 2. The van der Waals surface area contributed by atoms with Gasteiger partial charge >= 0.3 is 0 Å². The van der Waals surface area contributed by atoms with E-state index in [0.717, 1.165) is 24.6 Å². The summed E-state index contributed by atoms with van der Waals surface area (Å²) in [4.78, 5) is 0. The molecule has 0 fully saturated rings. The van der Waals surface area contributed by atoms with Crippen molar-refractivity contribution < 1.29 is 8.78 Å². The summed E-state index contributed by atoms with van der Waals surface area (Å²) in [6, 6.07) is 24.3. The maximum Gasteiger partial charge on any atom is 0.138 e. The predicted molar refractivity (Wildman–Crippen MR) is 113 cm³/mol. The maximum atomic E-state index is 15.0. The zero-order valence-electron chi connectivity index (χ0n) is 15.9. The molecule has 140 valence electrons. The van der Waals surface area contributed by atoms with Crippen molar-refractivity contribution in [2.75, 3.05) is 0 Å². The molecule has 0 unspecified atom stereocenters. The van der Waals surface area contributed by atoms with Crippen molar-refractivity contribution in [3.8, 4) is 11.1 Å². The second-order valence-electron chi connectivity index (χ2n) is 7.16. The number of benzene rings is 4. The Hall–Kier alpha value is -3.00. The molecule has 0 bridgehead atoms. The molecule has 0 radical (unpaired) electrons. The van der Waals surface area contributed by atoms with E-state index in [-0.39, 0.29) is 11.6 Å². The minimum Gasteiger partial charge on any atom is -0.207 e. The molecule has 4 aromatic rings. The van der Waals surface area contributed by atoms with E-state index in [4.69, 9.17) is 0 Å². The van der Waals surface area contributed by atoms with Crippen LogP contribution in [-0.2, 0) is 19.3 Å². The topological polar surface area (TPSA) is 0 Å². The molecule has 0 spiro atoms. The summed E-state index contributed by atoms with van der Waals surface area (Å²) >= 11 is 0. The van der Waals surface area contributed by atoms with Gasteiger partial charge in [0.2, 0.25) is 0 Å². The van der Waals surface area contributed by atoms with E-state index >= 15 is 4.39 Å². The van der Waals surface area contributed by atoms with Crippen molar-refractivity contribution in [1.29, 1.82) is 0 Å². The highest BCUT2D eigenvalue weighted by molar-refractivity contribution is 5.88. The molecule has 0 N–H and O–H groups in total. The van der Waals surface area contributed by atoms with Gasteiger partial charge in [-0.25, -0.2) is 8.78 Å². The zero-order chi connectivity index (χ0) is 19.5. The molecule has 0 heterocycles. The van der Waals surface area contributed by atoms with Gasteiger partial charge in [-0.15, -0.1) is 0 Å². The van der Waals surface area contributed by atoms with Crippen LogP contribution in [0.4, 0.5) is 8.78 Å². The van der Waals surface area contributed by atoms with Crippen molar-refractivity contribution in [3.05, 3.63) is 107 Å². The highest BCUT2D eigenvalue weighted by Crippen LogP contribution is 2.30. The van der Waals surface area contributed by atoms with Crippen LogP contribution in [-0.4, -0.2) is 0 Å². The van der Waals surface area contributed by atoms with E-state index in [0.29, 0.717) is 16.5 Å². The second kappa shape index (κ2) is 7.93. The molecule has 0 aliphatic carbocycles. The van der Waals surface area contributed by atoms with Crippen molar-refractivity contribution >= 4 is 10.8 Å². The van der Waals surface area contributed by atoms with E-state index in [1.54, 1.807) is 18.2 Å². The van der Waals surface area contributed by atoms with Crippen LogP contribution in [0.1, 0.15) is 23.6 Å². The van der Waals surface area contributed by atoms with Crippen LogP contribution in [0.15, 0.2) is 78.9 Å². The first-order valence-corrected chi connectivity index (χ1v) is 9.69. The van der Waals surface area contributed by atoms with Gasteiger partial charge < -0.3 is 0 Å². The van der Waals surface area contributed by atoms with Crippen LogP contribution in [0.25, 0.3) is 21.9 Å². The first-order chi connectivity index (χ1) is 13.6. The molecule has 0 saturated heterocycles. The minimum atomic E-state index is -0.362. The molecule has 4 rings (SSSR count). The Bertz CT molecular complexity index is 1110. The van der Waals surface area contributed by atoms with Crippen molar-refractivity contribution in [2.24, 2.45) is 0 Å². The Balaban J connectivity index is 1.58. The van der Waals surface area contributed by atoms with E-state index < -0.39 is 0 Å². The third kappa shape index (κ3) is 3.82. The molecule has 0 aliphatic heterocycles. The fourth-order valence-corrected chi connectivity index (χ4v) is 3.61. The molecule has 4 aromatic carbocycles. The molecule has 0 nitrogen and oxygen atoms in total. The lowest BCUT2D eigenvalue weighted by Crippen LogP contribution is -1.93. The fraction of sp³-hybridized carbons (Fsp3) is 0.154. The Morgan fingerprint density at radius 2 is 1.39 bits per heavy atom. The van der Waals surface area contributed by atoms with Gasteiger partial charge in [0.05, 0.1) is 0 Å². The Kier molecular flexibility index (Phi) is 5.21. The van der Waals surface area contributed by atoms with Crippen LogP contribution < -0.4 is 0 Å². The smallest absolute Gasteiger partial charge is 0.138 e. The Labute approximate surface area is 164 Å². The first kappa shape index (κ1) is 18.4. The molecule has 0 atom stereocenters. The molecule has 0 aromatic heterocycles. The molecule has 0 saturated carbocycles. The second-order valence-corrected chi connectivity index (χ2v) is 7.16. The summed E-state index contributed by atoms with van der Waals surface area (Å²) in [5.41, 5.74) is 4.82. The number of aryl methyl sites for hydroxylation is 3. The SMILES string of the molecule is CCc1ccc(CCc2ccc3c(F)c(-c4cccc(F)c4)ccc3c2)cc1. The van der Waals surface area contributed by atoms with Crippen LogP contribution in [0, 0.1) is 11.6 Å². The molecular weight excluding hydrogens is 350 g/mol. The van der Waals surface area contributed by atoms with E-state index in [2.05, 4.69) is 31.2 Å². The number of hydrogen-bond acceptors (Lipinski definition) is 0. The first-order valence-electron chi connectivity index (χ1n) is 9.69. The van der Waals surface area contributed by atoms with Crippen molar-refractivity contribution in [1.82, 2.24) is 0 Å². The van der Waals surface area contributed by atoms with E-state index in [1.165, 1.54) is 28.8 Å². The maximum absolute atomic E-state index is 15.0. The monoisotopic (exact) mass is 372 g/mol. The lowest BCUT2D eigenvalue weighted by Gasteiger charge is -2.09. The molecule has 2 heteroatoms. The highest BCUT2D eigenvalue weighted by Gasteiger charge is 2.10. The third-order valence-electron chi connectivity index (χ3n) is 5.29. The average Bonchev–Trinajstić information content (AvgIpc) is 2.73. The minimum absolute atomic E-state index is 0.301. The van der Waals surface area contributed by atoms with Gasteiger partial charge in [-0.3, -0.25) is 0 Å². The summed E-state index contributed by atoms with van der Waals surface area (Å²) in [6.07, 6.45) is 2.92. The van der Waals surface area contributed by atoms with Gasteiger partial charge in [-0.2, -0.15) is 0 Å². The number of fused-ring (bicyclic) bond motifs is 1. The van der Waals surface area contributed by atoms with Gasteiger partial charge in [-0.05, 0) is 59.0 Å². The standard InChI is InChI=1S/C26H22F2/c1-2-18-6-8-19(9-7-18)10-11-20-12-14-24-22(16-20)13-15-25(26(24)28)21-4-3-5-23(27)17-21/h3-9,12-17H,2,10-11H2,1H3. The van der Waals surface area contributed by atoms with Gasteiger partial charge in [0.25, 0.3) is 0 Å².